The monoisotopic (exact) mass is 418 g/mol. The Balaban J connectivity index is 0.000000960. The van der Waals surface area contributed by atoms with E-state index < -0.39 is 21.3 Å². The molecule has 0 fully saturated rings. The Labute approximate surface area is 158 Å². The molecule has 0 nitrogen and oxygen atoms in total. The zero-order chi connectivity index (χ0) is 14.4. The smallest absolute Gasteiger partial charge is 1.00 e. The van der Waals surface area contributed by atoms with Crippen molar-refractivity contribution in [1.29, 1.82) is 0 Å². The maximum Gasteiger partial charge on any atom is -1.00 e. The molecule has 3 heteroatoms. The van der Waals surface area contributed by atoms with E-state index in [9.17, 15) is 0 Å². The fourth-order valence-corrected chi connectivity index (χ4v) is 9.72. The van der Waals surface area contributed by atoms with Crippen LogP contribution in [-0.2, 0) is 24.4 Å². The summed E-state index contributed by atoms with van der Waals surface area (Å²) in [4.78, 5) is 0. The SMILES string of the molecule is [CH2]=[Zr+2]([CH]1C=Cc2ccccc21)[C]1(C)C=Cc2ccccc21.[Cl-].[Cl-]. The van der Waals surface area contributed by atoms with E-state index in [0.717, 1.165) is 0 Å². The van der Waals surface area contributed by atoms with Gasteiger partial charge < -0.3 is 24.8 Å². The summed E-state index contributed by atoms with van der Waals surface area (Å²) in [6.45, 7) is 2.41. The van der Waals surface area contributed by atoms with Crippen LogP contribution in [0.1, 0.15) is 32.8 Å². The predicted molar refractivity (Wildman–Crippen MR) is 88.2 cm³/mol. The number of allylic oxidation sites excluding steroid dienone is 2. The van der Waals surface area contributed by atoms with Crippen molar-refractivity contribution < 1.29 is 46.1 Å². The van der Waals surface area contributed by atoms with Crippen molar-refractivity contribution in [2.45, 2.75) is 13.7 Å². The van der Waals surface area contributed by atoms with Crippen molar-refractivity contribution >= 4 is 16.4 Å². The first-order valence-corrected chi connectivity index (χ1v) is 11.8. The molecule has 2 aliphatic rings. The summed E-state index contributed by atoms with van der Waals surface area (Å²) in [6, 6.07) is 17.6. The number of fused-ring (bicyclic) bond motifs is 2. The first-order valence-electron chi connectivity index (χ1n) is 7.45. The van der Waals surface area contributed by atoms with Gasteiger partial charge in [-0.05, 0) is 0 Å². The largest absolute Gasteiger partial charge is 1.00 e. The second kappa shape index (κ2) is 7.01. The fourth-order valence-electron chi connectivity index (χ4n) is 3.62. The van der Waals surface area contributed by atoms with Crippen molar-refractivity contribution in [3.63, 3.8) is 0 Å². The summed E-state index contributed by atoms with van der Waals surface area (Å²) in [7, 11) is 0. The molecule has 0 N–H and O–H groups in total. The van der Waals surface area contributed by atoms with Crippen molar-refractivity contribution in [2.75, 3.05) is 0 Å². The average molecular weight is 420 g/mol. The first-order chi connectivity index (χ1) is 10.2. The molecule has 116 valence electrons. The van der Waals surface area contributed by atoms with Gasteiger partial charge >= 0.3 is 134 Å². The van der Waals surface area contributed by atoms with Crippen LogP contribution in [0.3, 0.4) is 0 Å². The number of halogens is 2. The van der Waals surface area contributed by atoms with Crippen molar-refractivity contribution in [2.24, 2.45) is 0 Å². The molecule has 0 aliphatic heterocycles. The molecular formula is C20H18Cl2Zr. The third-order valence-corrected chi connectivity index (χ3v) is 12.4. The topological polar surface area (TPSA) is 0 Å². The minimum Gasteiger partial charge on any atom is -1.00 e. The summed E-state index contributed by atoms with van der Waals surface area (Å²) in [5.74, 6) is 0. The molecule has 0 saturated carbocycles. The molecule has 0 saturated heterocycles. The Hall–Kier alpha value is -0.747. The van der Waals surface area contributed by atoms with Crippen molar-refractivity contribution in [3.8, 4) is 0 Å². The molecule has 2 aromatic rings. The summed E-state index contributed by atoms with van der Waals surface area (Å²) < 4.78 is 5.55. The number of rotatable bonds is 2. The zero-order valence-electron chi connectivity index (χ0n) is 13.0. The minimum absolute atomic E-state index is 0. The summed E-state index contributed by atoms with van der Waals surface area (Å²) >= 11 is -1.99. The van der Waals surface area contributed by atoms with Gasteiger partial charge in [0.05, 0.1) is 0 Å². The molecule has 4 rings (SSSR count). The Morgan fingerprint density at radius 3 is 2.35 bits per heavy atom. The van der Waals surface area contributed by atoms with Gasteiger partial charge in [0.15, 0.2) is 0 Å². The average Bonchev–Trinajstić information content (AvgIpc) is 3.10. The van der Waals surface area contributed by atoms with Gasteiger partial charge in [-0.15, -0.1) is 0 Å². The number of hydrogen-bond acceptors (Lipinski definition) is 0. The van der Waals surface area contributed by atoms with Gasteiger partial charge in [0.2, 0.25) is 0 Å². The Kier molecular flexibility index (Phi) is 5.67. The van der Waals surface area contributed by atoms with Gasteiger partial charge in [-0.3, -0.25) is 0 Å². The third-order valence-electron chi connectivity index (χ3n) is 4.96. The van der Waals surface area contributed by atoms with E-state index in [1.165, 1.54) is 22.3 Å². The van der Waals surface area contributed by atoms with E-state index in [4.69, 9.17) is 4.21 Å². The summed E-state index contributed by atoms with van der Waals surface area (Å²) in [5.41, 5.74) is 5.77. The second-order valence-electron chi connectivity index (χ2n) is 6.11. The Morgan fingerprint density at radius 2 is 1.57 bits per heavy atom. The fraction of sp³-hybridized carbons (Fsp3) is 0.150. The summed E-state index contributed by atoms with van der Waals surface area (Å²) in [5, 5.41) is 0. The van der Waals surface area contributed by atoms with Crippen LogP contribution in [0.25, 0.3) is 12.2 Å². The van der Waals surface area contributed by atoms with Crippen LogP contribution in [0.4, 0.5) is 0 Å². The van der Waals surface area contributed by atoms with Gasteiger partial charge in [0.25, 0.3) is 0 Å². The maximum absolute atomic E-state index is 4.77. The molecule has 2 unspecified atom stereocenters. The molecular weight excluding hydrogens is 402 g/mol. The second-order valence-corrected chi connectivity index (χ2v) is 12.8. The van der Waals surface area contributed by atoms with Crippen molar-refractivity contribution in [3.05, 3.63) is 82.9 Å². The van der Waals surface area contributed by atoms with Crippen LogP contribution in [0.5, 0.6) is 0 Å². The molecule has 0 radical (unpaired) electrons. The van der Waals surface area contributed by atoms with E-state index in [0.29, 0.717) is 3.63 Å². The van der Waals surface area contributed by atoms with Crippen LogP contribution in [-0.4, -0.2) is 4.21 Å². The normalized spacial score (nSPS) is 22.3. The van der Waals surface area contributed by atoms with Crippen LogP contribution >= 0.6 is 0 Å². The van der Waals surface area contributed by atoms with Gasteiger partial charge in [0, 0.05) is 0 Å². The van der Waals surface area contributed by atoms with E-state index in [1.54, 1.807) is 0 Å². The first kappa shape index (κ1) is 18.6. The third kappa shape index (κ3) is 2.89. The Bertz CT molecular complexity index is 807. The minimum atomic E-state index is -1.99. The van der Waals surface area contributed by atoms with Gasteiger partial charge in [-0.2, -0.15) is 0 Å². The number of hydrogen-bond donors (Lipinski definition) is 0. The summed E-state index contributed by atoms with van der Waals surface area (Å²) in [6.07, 6.45) is 9.42. The van der Waals surface area contributed by atoms with E-state index in [1.807, 2.05) is 0 Å². The molecule has 2 aliphatic carbocycles. The van der Waals surface area contributed by atoms with Gasteiger partial charge in [-0.1, -0.05) is 0 Å². The molecule has 2 aromatic carbocycles. The van der Waals surface area contributed by atoms with E-state index in [2.05, 4.69) is 79.8 Å². The van der Waals surface area contributed by atoms with Gasteiger partial charge in [0.1, 0.15) is 0 Å². The zero-order valence-corrected chi connectivity index (χ0v) is 16.9. The van der Waals surface area contributed by atoms with E-state index >= 15 is 0 Å². The maximum atomic E-state index is 4.77. The number of benzene rings is 2. The van der Waals surface area contributed by atoms with Crippen LogP contribution < -0.4 is 24.8 Å². The Morgan fingerprint density at radius 1 is 0.913 bits per heavy atom. The quantitative estimate of drug-likeness (QED) is 0.570. The van der Waals surface area contributed by atoms with Gasteiger partial charge in [-0.25, -0.2) is 0 Å². The van der Waals surface area contributed by atoms with E-state index in [-0.39, 0.29) is 27.9 Å². The predicted octanol–water partition coefficient (Wildman–Crippen LogP) is -1.25. The molecule has 0 amide bonds. The molecule has 23 heavy (non-hydrogen) atoms. The molecule has 0 heterocycles. The molecule has 2 atom stereocenters. The van der Waals surface area contributed by atoms with Crippen LogP contribution in [0.15, 0.2) is 60.7 Å². The standard InChI is InChI=1S/C10H9.C9H7.CH2.2ClH.Zr/c1-8-6-7-9-4-2-3-5-10(8)9;1-2-5-9-7-3-6-8(9)4-1;;;;/h2-7H,1H3;1-7H;1H2;2*1H;/q;;;;;+2/p-2. The molecule has 0 spiro atoms. The van der Waals surface area contributed by atoms with Crippen LogP contribution in [0, 0.1) is 0 Å². The molecule has 0 bridgehead atoms. The van der Waals surface area contributed by atoms with Crippen molar-refractivity contribution in [1.82, 2.24) is 0 Å². The van der Waals surface area contributed by atoms with Crippen LogP contribution in [0.2, 0.25) is 0 Å². The molecule has 0 aromatic heterocycles.